The van der Waals surface area contributed by atoms with Crippen molar-refractivity contribution in [1.29, 1.82) is 0 Å². The Labute approximate surface area is 158 Å². The predicted octanol–water partition coefficient (Wildman–Crippen LogP) is 5.12. The highest BCUT2D eigenvalue weighted by atomic mass is 32.2. The van der Waals surface area contributed by atoms with E-state index < -0.39 is 0 Å². The maximum atomic E-state index is 11.1. The number of carbonyl (C=O) groups is 1. The topological polar surface area (TPSA) is 17.1 Å². The maximum absolute atomic E-state index is 11.1. The van der Waals surface area contributed by atoms with E-state index in [0.717, 1.165) is 27.1 Å². The second kappa shape index (κ2) is 8.77. The van der Waals surface area contributed by atoms with Gasteiger partial charge in [-0.2, -0.15) is 0 Å². The lowest BCUT2D eigenvalue weighted by Gasteiger charge is -1.96. The third kappa shape index (κ3) is 5.42. The summed E-state index contributed by atoms with van der Waals surface area (Å²) in [5, 5.41) is 0.0827. The molecule has 0 saturated heterocycles. The molecule has 0 fully saturated rings. The van der Waals surface area contributed by atoms with Gasteiger partial charge in [0.25, 0.3) is 0 Å². The molecule has 3 aromatic rings. The van der Waals surface area contributed by atoms with Crippen LogP contribution in [0.15, 0.2) is 83.8 Å². The molecule has 0 spiro atoms. The molecule has 3 rings (SSSR count). The highest BCUT2D eigenvalue weighted by molar-refractivity contribution is 8.13. The lowest BCUT2D eigenvalue weighted by atomic mass is 10.1. The SMILES string of the molecule is CC(=O)Sc1ccc(C#Cc2ccc(C#Cc3ccccc3)cc2)cc1. The fraction of sp³-hybridized carbons (Fsp3) is 0.0417. The Morgan fingerprint density at radius 3 is 1.42 bits per heavy atom. The Hall–Kier alpha value is -3.20. The van der Waals surface area contributed by atoms with Gasteiger partial charge in [0.15, 0.2) is 5.12 Å². The summed E-state index contributed by atoms with van der Waals surface area (Å²) in [5.41, 5.74) is 3.83. The van der Waals surface area contributed by atoms with Crippen molar-refractivity contribution in [2.75, 3.05) is 0 Å². The van der Waals surface area contributed by atoms with Gasteiger partial charge in [0, 0.05) is 34.1 Å². The van der Waals surface area contributed by atoms with Crippen molar-refractivity contribution in [2.24, 2.45) is 0 Å². The van der Waals surface area contributed by atoms with Gasteiger partial charge in [0.2, 0.25) is 0 Å². The van der Waals surface area contributed by atoms with Crippen molar-refractivity contribution < 1.29 is 4.79 Å². The molecule has 0 aliphatic heterocycles. The normalized spacial score (nSPS) is 9.42. The standard InChI is InChI=1S/C24H16OS/c1-19(25)26-24-17-15-23(16-18-24)14-13-22-11-9-21(10-12-22)8-7-20-5-3-2-4-6-20/h2-6,9-12,15-18H,1H3. The first-order valence-electron chi connectivity index (χ1n) is 8.17. The minimum atomic E-state index is 0.0827. The number of rotatable bonds is 1. The predicted molar refractivity (Wildman–Crippen MR) is 108 cm³/mol. The molecule has 0 heterocycles. The van der Waals surface area contributed by atoms with Gasteiger partial charge in [-0.05, 0) is 60.7 Å². The number of hydrogen-bond acceptors (Lipinski definition) is 2. The number of carbonyl (C=O) groups excluding carboxylic acids is 1. The number of thioether (sulfide) groups is 1. The Kier molecular flexibility index (Phi) is 5.94. The smallest absolute Gasteiger partial charge is 0.190 e. The van der Waals surface area contributed by atoms with Crippen LogP contribution in [0.5, 0.6) is 0 Å². The largest absolute Gasteiger partial charge is 0.287 e. The van der Waals surface area contributed by atoms with Crippen LogP contribution in [0.1, 0.15) is 29.2 Å². The molecule has 0 unspecified atom stereocenters. The quantitative estimate of drug-likeness (QED) is 0.446. The summed E-state index contributed by atoms with van der Waals surface area (Å²) < 4.78 is 0. The summed E-state index contributed by atoms with van der Waals surface area (Å²) >= 11 is 1.23. The Bertz CT molecular complexity index is 1010. The third-order valence-electron chi connectivity index (χ3n) is 3.48. The minimum Gasteiger partial charge on any atom is -0.287 e. The molecule has 0 aliphatic rings. The van der Waals surface area contributed by atoms with E-state index in [0.29, 0.717) is 0 Å². The zero-order valence-electron chi connectivity index (χ0n) is 14.3. The molecule has 0 N–H and O–H groups in total. The van der Waals surface area contributed by atoms with Gasteiger partial charge in [-0.1, -0.05) is 53.6 Å². The Morgan fingerprint density at radius 2 is 1.00 bits per heavy atom. The Morgan fingerprint density at radius 1 is 0.615 bits per heavy atom. The summed E-state index contributed by atoms with van der Waals surface area (Å²) in [6.07, 6.45) is 0. The summed E-state index contributed by atoms with van der Waals surface area (Å²) in [7, 11) is 0. The number of benzene rings is 3. The average molecular weight is 352 g/mol. The zero-order chi connectivity index (χ0) is 18.2. The zero-order valence-corrected chi connectivity index (χ0v) is 15.1. The Balaban J connectivity index is 1.67. The lowest BCUT2D eigenvalue weighted by Crippen LogP contribution is -1.82. The van der Waals surface area contributed by atoms with E-state index in [4.69, 9.17) is 0 Å². The van der Waals surface area contributed by atoms with Crippen LogP contribution < -0.4 is 0 Å². The molecule has 3 aromatic carbocycles. The molecule has 124 valence electrons. The van der Waals surface area contributed by atoms with Crippen LogP contribution in [0, 0.1) is 23.7 Å². The second-order valence-electron chi connectivity index (χ2n) is 5.56. The average Bonchev–Trinajstić information content (AvgIpc) is 2.67. The van der Waals surface area contributed by atoms with Gasteiger partial charge in [-0.25, -0.2) is 0 Å². The molecular formula is C24H16OS. The molecule has 0 radical (unpaired) electrons. The van der Waals surface area contributed by atoms with Crippen molar-refractivity contribution in [3.8, 4) is 23.7 Å². The lowest BCUT2D eigenvalue weighted by molar-refractivity contribution is -0.109. The van der Waals surface area contributed by atoms with Crippen molar-refractivity contribution in [1.82, 2.24) is 0 Å². The monoisotopic (exact) mass is 352 g/mol. The van der Waals surface area contributed by atoms with Crippen molar-refractivity contribution in [3.05, 3.63) is 101 Å². The molecular weight excluding hydrogens is 336 g/mol. The summed E-state index contributed by atoms with van der Waals surface area (Å²) in [4.78, 5) is 12.0. The molecule has 0 aliphatic carbocycles. The summed E-state index contributed by atoms with van der Waals surface area (Å²) in [6.45, 7) is 1.56. The highest BCUT2D eigenvalue weighted by Crippen LogP contribution is 2.18. The summed E-state index contributed by atoms with van der Waals surface area (Å²) in [5.74, 6) is 12.6. The van der Waals surface area contributed by atoms with Crippen LogP contribution in [0.25, 0.3) is 0 Å². The van der Waals surface area contributed by atoms with Gasteiger partial charge in [-0.15, -0.1) is 0 Å². The first-order chi connectivity index (χ1) is 12.7. The maximum Gasteiger partial charge on any atom is 0.190 e. The summed E-state index contributed by atoms with van der Waals surface area (Å²) in [6, 6.07) is 25.5. The molecule has 1 nitrogen and oxygen atoms in total. The van der Waals surface area contributed by atoms with Crippen LogP contribution in [-0.2, 0) is 4.79 Å². The van der Waals surface area contributed by atoms with Gasteiger partial charge >= 0.3 is 0 Å². The molecule has 0 saturated carbocycles. The van der Waals surface area contributed by atoms with Crippen LogP contribution in [-0.4, -0.2) is 5.12 Å². The van der Waals surface area contributed by atoms with Crippen LogP contribution in [0.4, 0.5) is 0 Å². The first-order valence-corrected chi connectivity index (χ1v) is 8.98. The number of hydrogen-bond donors (Lipinski definition) is 0. The molecule has 0 aromatic heterocycles. The minimum absolute atomic E-state index is 0.0827. The molecule has 26 heavy (non-hydrogen) atoms. The fourth-order valence-electron chi connectivity index (χ4n) is 2.22. The van der Waals surface area contributed by atoms with E-state index in [1.54, 1.807) is 6.92 Å². The van der Waals surface area contributed by atoms with Crippen LogP contribution in [0.2, 0.25) is 0 Å². The van der Waals surface area contributed by atoms with E-state index in [2.05, 4.69) is 23.7 Å². The molecule has 0 atom stereocenters. The van der Waals surface area contributed by atoms with E-state index in [-0.39, 0.29) is 5.12 Å². The van der Waals surface area contributed by atoms with E-state index >= 15 is 0 Å². The molecule has 0 amide bonds. The van der Waals surface area contributed by atoms with Crippen molar-refractivity contribution >= 4 is 16.9 Å². The van der Waals surface area contributed by atoms with E-state index in [9.17, 15) is 4.79 Å². The van der Waals surface area contributed by atoms with Gasteiger partial charge in [0.1, 0.15) is 0 Å². The van der Waals surface area contributed by atoms with Crippen LogP contribution in [0.3, 0.4) is 0 Å². The molecule has 2 heteroatoms. The van der Waals surface area contributed by atoms with Crippen molar-refractivity contribution in [2.45, 2.75) is 11.8 Å². The van der Waals surface area contributed by atoms with E-state index in [1.807, 2.05) is 78.9 Å². The first kappa shape index (κ1) is 17.6. The second-order valence-corrected chi connectivity index (χ2v) is 6.81. The third-order valence-corrected chi connectivity index (χ3v) is 4.27. The van der Waals surface area contributed by atoms with Crippen molar-refractivity contribution in [3.63, 3.8) is 0 Å². The highest BCUT2D eigenvalue weighted by Gasteiger charge is 1.97. The van der Waals surface area contributed by atoms with Crippen LogP contribution >= 0.6 is 11.8 Å². The van der Waals surface area contributed by atoms with E-state index in [1.165, 1.54) is 11.8 Å². The fourth-order valence-corrected chi connectivity index (χ4v) is 2.82. The van der Waals surface area contributed by atoms with Gasteiger partial charge in [0.05, 0.1) is 0 Å². The van der Waals surface area contributed by atoms with Gasteiger partial charge < -0.3 is 0 Å². The van der Waals surface area contributed by atoms with Gasteiger partial charge in [-0.3, -0.25) is 4.79 Å². The molecule has 0 bridgehead atoms.